The molecule has 0 aliphatic rings. The van der Waals surface area contributed by atoms with Gasteiger partial charge >= 0.3 is 5.97 Å². The average Bonchev–Trinajstić information content (AvgIpc) is 3.13. The first-order chi connectivity index (χ1) is 11.6. The maximum atomic E-state index is 11.4. The molecule has 0 spiro atoms. The van der Waals surface area contributed by atoms with Crippen molar-refractivity contribution in [3.8, 4) is 16.5 Å². The zero-order chi connectivity index (χ0) is 18.5. The molecule has 0 unspecified atom stereocenters. The topological polar surface area (TPSA) is 50.1 Å². The van der Waals surface area contributed by atoms with Crippen molar-refractivity contribution in [2.75, 3.05) is 11.5 Å². The number of hydrogen-bond donors (Lipinski definition) is 0. The van der Waals surface area contributed by atoms with Gasteiger partial charge in [0.25, 0.3) is 0 Å². The van der Waals surface area contributed by atoms with Crippen molar-refractivity contribution in [1.82, 2.24) is 0 Å². The van der Waals surface area contributed by atoms with Gasteiger partial charge in [0.1, 0.15) is 4.88 Å². The van der Waals surface area contributed by atoms with Crippen LogP contribution < -0.4 is 0 Å². The Balaban J connectivity index is 0.000000773. The number of benzene rings is 1. The van der Waals surface area contributed by atoms with E-state index in [1.165, 1.54) is 29.3 Å². The van der Waals surface area contributed by atoms with Gasteiger partial charge in [0.15, 0.2) is 0 Å². The molecule has 0 aliphatic heterocycles. The highest BCUT2D eigenvalue weighted by Gasteiger charge is 2.10. The number of alkyl halides is 1. The lowest BCUT2D eigenvalue weighted by atomic mass is 10.1. The van der Waals surface area contributed by atoms with Crippen molar-refractivity contribution in [3.63, 3.8) is 0 Å². The lowest BCUT2D eigenvalue weighted by Crippen LogP contribution is -1.96. The Morgan fingerprint density at radius 3 is 2.42 bits per heavy atom. The van der Waals surface area contributed by atoms with Gasteiger partial charge in [0, 0.05) is 4.88 Å². The second-order valence-corrected chi connectivity index (χ2v) is 6.65. The lowest BCUT2D eigenvalue weighted by Gasteiger charge is -2.01. The van der Waals surface area contributed by atoms with E-state index in [0.717, 1.165) is 16.0 Å². The van der Waals surface area contributed by atoms with Crippen LogP contribution in [0, 0.1) is 18.3 Å². The standard InChI is InChI=1S/C14H11NO2S.C3H7I.C2H6/c1-9-3-4-10(7-11(9)8-15)12-5-6-13(18-12)14(16)17-2;1-2-3-4;1-2/h3-7H,1-2H3;2-3H2,1H3;1-2H3. The number of nitrogens with zero attached hydrogens (tertiary/aromatic N) is 1. The molecule has 3 nitrogen and oxygen atoms in total. The van der Waals surface area contributed by atoms with Crippen LogP contribution in [0.5, 0.6) is 0 Å². The summed E-state index contributed by atoms with van der Waals surface area (Å²) in [6.07, 6.45) is 1.31. The molecule has 2 rings (SSSR count). The van der Waals surface area contributed by atoms with Gasteiger partial charge in [-0.1, -0.05) is 55.5 Å². The molecule has 0 saturated carbocycles. The Hall–Kier alpha value is -1.39. The third-order valence-corrected chi connectivity index (χ3v) is 5.02. The second kappa shape index (κ2) is 13.0. The van der Waals surface area contributed by atoms with E-state index in [-0.39, 0.29) is 5.97 Å². The summed E-state index contributed by atoms with van der Waals surface area (Å²) < 4.78 is 5.96. The van der Waals surface area contributed by atoms with Crippen molar-refractivity contribution in [2.45, 2.75) is 34.1 Å². The first-order valence-corrected chi connectivity index (χ1v) is 10.2. The van der Waals surface area contributed by atoms with Gasteiger partial charge in [0.05, 0.1) is 18.7 Å². The Morgan fingerprint density at radius 2 is 1.92 bits per heavy atom. The van der Waals surface area contributed by atoms with E-state index in [2.05, 4.69) is 40.3 Å². The molecule has 5 heteroatoms. The smallest absolute Gasteiger partial charge is 0.348 e. The number of methoxy groups -OCH3 is 1. The van der Waals surface area contributed by atoms with Crippen molar-refractivity contribution in [1.29, 1.82) is 5.26 Å². The van der Waals surface area contributed by atoms with Crippen LogP contribution in [0.3, 0.4) is 0 Å². The van der Waals surface area contributed by atoms with Crippen molar-refractivity contribution in [2.24, 2.45) is 0 Å². The molecular weight excluding hydrogens is 433 g/mol. The van der Waals surface area contributed by atoms with E-state index in [0.29, 0.717) is 10.4 Å². The van der Waals surface area contributed by atoms with Gasteiger partial charge in [-0.15, -0.1) is 11.3 Å². The molecule has 2 aromatic rings. The number of rotatable bonds is 3. The van der Waals surface area contributed by atoms with Crippen LogP contribution in [-0.2, 0) is 4.74 Å². The van der Waals surface area contributed by atoms with Crippen LogP contribution in [0.1, 0.15) is 48.0 Å². The minimum Gasteiger partial charge on any atom is -0.465 e. The molecule has 1 heterocycles. The molecule has 130 valence electrons. The predicted octanol–water partition coefficient (Wildman–Crippen LogP) is 6.24. The summed E-state index contributed by atoms with van der Waals surface area (Å²) in [5.41, 5.74) is 2.55. The molecule has 0 saturated heterocycles. The molecule has 0 radical (unpaired) electrons. The first-order valence-electron chi connectivity index (χ1n) is 7.82. The monoisotopic (exact) mass is 457 g/mol. The number of aryl methyl sites for hydroxylation is 1. The van der Waals surface area contributed by atoms with Crippen LogP contribution in [-0.4, -0.2) is 17.5 Å². The maximum Gasteiger partial charge on any atom is 0.348 e. The normalized spacial score (nSPS) is 8.88. The molecule has 0 bridgehead atoms. The van der Waals surface area contributed by atoms with Gasteiger partial charge in [-0.2, -0.15) is 5.26 Å². The molecule has 0 aliphatic carbocycles. The fraction of sp³-hybridized carbons (Fsp3) is 0.368. The molecule has 1 aromatic carbocycles. The van der Waals surface area contributed by atoms with Gasteiger partial charge < -0.3 is 4.74 Å². The Morgan fingerprint density at radius 1 is 1.29 bits per heavy atom. The Labute approximate surface area is 162 Å². The van der Waals surface area contributed by atoms with Crippen LogP contribution in [0.25, 0.3) is 10.4 Å². The second-order valence-electron chi connectivity index (χ2n) is 4.49. The summed E-state index contributed by atoms with van der Waals surface area (Å²) in [6.45, 7) is 8.07. The summed E-state index contributed by atoms with van der Waals surface area (Å²) in [5.74, 6) is -0.334. The van der Waals surface area contributed by atoms with E-state index < -0.39 is 0 Å². The molecule has 0 N–H and O–H groups in total. The molecular formula is C19H24INO2S. The van der Waals surface area contributed by atoms with Gasteiger partial charge in [-0.05, 0) is 47.1 Å². The molecule has 0 fully saturated rings. The van der Waals surface area contributed by atoms with Gasteiger partial charge in [-0.25, -0.2) is 4.79 Å². The molecule has 0 atom stereocenters. The van der Waals surface area contributed by atoms with Crippen molar-refractivity contribution >= 4 is 39.9 Å². The van der Waals surface area contributed by atoms with Crippen LogP contribution in [0.2, 0.25) is 0 Å². The minimum atomic E-state index is -0.334. The fourth-order valence-corrected chi connectivity index (χ4v) is 2.52. The highest BCUT2D eigenvalue weighted by atomic mass is 127. The van der Waals surface area contributed by atoms with Crippen LogP contribution in [0.15, 0.2) is 30.3 Å². The largest absolute Gasteiger partial charge is 0.465 e. The third kappa shape index (κ3) is 7.02. The van der Waals surface area contributed by atoms with E-state index in [1.54, 1.807) is 6.07 Å². The highest BCUT2D eigenvalue weighted by Crippen LogP contribution is 2.29. The van der Waals surface area contributed by atoms with Crippen LogP contribution >= 0.6 is 33.9 Å². The minimum absolute atomic E-state index is 0.334. The summed E-state index contributed by atoms with van der Waals surface area (Å²) in [4.78, 5) is 12.9. The number of halogens is 1. The number of ether oxygens (including phenoxy) is 1. The molecule has 1 aromatic heterocycles. The summed E-state index contributed by atoms with van der Waals surface area (Å²) in [7, 11) is 1.36. The summed E-state index contributed by atoms with van der Waals surface area (Å²) >= 11 is 3.71. The zero-order valence-electron chi connectivity index (χ0n) is 14.9. The lowest BCUT2D eigenvalue weighted by molar-refractivity contribution is 0.0606. The Kier molecular flexibility index (Phi) is 12.2. The van der Waals surface area contributed by atoms with E-state index in [9.17, 15) is 4.79 Å². The number of thiophene rings is 1. The fourth-order valence-electron chi connectivity index (χ4n) is 1.60. The number of esters is 1. The first kappa shape index (κ1) is 22.6. The van der Waals surface area contributed by atoms with Crippen molar-refractivity contribution in [3.05, 3.63) is 46.3 Å². The van der Waals surface area contributed by atoms with Crippen molar-refractivity contribution < 1.29 is 9.53 Å². The average molecular weight is 457 g/mol. The van der Waals surface area contributed by atoms with E-state index >= 15 is 0 Å². The van der Waals surface area contributed by atoms with Gasteiger partial charge in [-0.3, -0.25) is 0 Å². The maximum absolute atomic E-state index is 11.4. The number of hydrogen-bond acceptors (Lipinski definition) is 4. The zero-order valence-corrected chi connectivity index (χ0v) is 17.8. The molecule has 24 heavy (non-hydrogen) atoms. The Bertz CT molecular complexity index is 672. The number of carbonyl (C=O) groups is 1. The van der Waals surface area contributed by atoms with E-state index in [1.807, 2.05) is 45.0 Å². The van der Waals surface area contributed by atoms with Crippen LogP contribution in [0.4, 0.5) is 0 Å². The van der Waals surface area contributed by atoms with E-state index in [4.69, 9.17) is 5.26 Å². The SMILES string of the molecule is CC.CCCI.COC(=O)c1ccc(-c2ccc(C)c(C#N)c2)s1. The van der Waals surface area contributed by atoms with Gasteiger partial charge in [0.2, 0.25) is 0 Å². The summed E-state index contributed by atoms with van der Waals surface area (Å²) in [5, 5.41) is 9.00. The number of carbonyl (C=O) groups excluding carboxylic acids is 1. The number of nitriles is 1. The predicted molar refractivity (Wildman–Crippen MR) is 111 cm³/mol. The molecule has 0 amide bonds. The quantitative estimate of drug-likeness (QED) is 0.312. The summed E-state index contributed by atoms with van der Waals surface area (Å²) in [6, 6.07) is 11.4. The third-order valence-electron chi connectivity index (χ3n) is 2.82. The highest BCUT2D eigenvalue weighted by molar-refractivity contribution is 14.1.